The molecule has 172 valence electrons. The number of carbonyl (C=O) groups is 2. The van der Waals surface area contributed by atoms with Crippen molar-refractivity contribution in [2.24, 2.45) is 0 Å². The molecular weight excluding hydrogens is 425 g/mol. The zero-order chi connectivity index (χ0) is 23.2. The van der Waals surface area contributed by atoms with Crippen molar-refractivity contribution < 1.29 is 18.5 Å². The predicted octanol–water partition coefficient (Wildman–Crippen LogP) is 3.64. The van der Waals surface area contributed by atoms with Crippen LogP contribution in [-0.4, -0.2) is 46.6 Å². The minimum Gasteiger partial charge on any atom is -0.339 e. The molecule has 0 radical (unpaired) electrons. The van der Waals surface area contributed by atoms with E-state index in [0.717, 1.165) is 18.4 Å². The third-order valence-corrected chi connectivity index (χ3v) is 5.63. The SMILES string of the molecule is CCNC(=O)NC(=O)C(c1ccccc1)N1CCCC(c2nc(-c3cccc(F)c3)no2)C1. The minimum absolute atomic E-state index is 0.0861. The molecule has 2 heterocycles. The van der Waals surface area contributed by atoms with Crippen molar-refractivity contribution in [3.05, 3.63) is 71.9 Å². The van der Waals surface area contributed by atoms with E-state index in [-0.39, 0.29) is 11.7 Å². The lowest BCUT2D eigenvalue weighted by Crippen LogP contribution is -2.48. The molecule has 8 nitrogen and oxygen atoms in total. The number of carbonyl (C=O) groups excluding carboxylic acids is 2. The van der Waals surface area contributed by atoms with E-state index in [4.69, 9.17) is 4.52 Å². The van der Waals surface area contributed by atoms with Crippen molar-refractivity contribution in [3.8, 4) is 11.4 Å². The molecule has 2 N–H and O–H groups in total. The van der Waals surface area contributed by atoms with Gasteiger partial charge in [0.25, 0.3) is 0 Å². The zero-order valence-corrected chi connectivity index (χ0v) is 18.3. The average Bonchev–Trinajstić information content (AvgIpc) is 3.31. The van der Waals surface area contributed by atoms with Gasteiger partial charge in [0.2, 0.25) is 17.6 Å². The summed E-state index contributed by atoms with van der Waals surface area (Å²) in [6.45, 7) is 3.40. The maximum absolute atomic E-state index is 13.6. The third kappa shape index (κ3) is 5.43. The molecule has 0 bridgehead atoms. The van der Waals surface area contributed by atoms with Crippen LogP contribution in [0.2, 0.25) is 0 Å². The van der Waals surface area contributed by atoms with E-state index in [1.807, 2.05) is 35.2 Å². The van der Waals surface area contributed by atoms with Crippen molar-refractivity contribution in [2.45, 2.75) is 31.7 Å². The van der Waals surface area contributed by atoms with Gasteiger partial charge in [0, 0.05) is 18.7 Å². The number of nitrogens with one attached hydrogen (secondary N) is 2. The summed E-state index contributed by atoms with van der Waals surface area (Å²) in [4.78, 5) is 31.6. The first-order valence-corrected chi connectivity index (χ1v) is 11.0. The Hall–Kier alpha value is -3.59. The maximum Gasteiger partial charge on any atom is 0.321 e. The third-order valence-electron chi connectivity index (χ3n) is 5.63. The Morgan fingerprint density at radius 2 is 2.03 bits per heavy atom. The van der Waals surface area contributed by atoms with E-state index in [9.17, 15) is 14.0 Å². The summed E-state index contributed by atoms with van der Waals surface area (Å²) >= 11 is 0. The van der Waals surface area contributed by atoms with Crippen LogP contribution in [0.15, 0.2) is 59.1 Å². The van der Waals surface area contributed by atoms with Gasteiger partial charge in [-0.05, 0) is 44.0 Å². The number of piperidine rings is 1. The molecule has 2 unspecified atom stereocenters. The van der Waals surface area contributed by atoms with Crippen molar-refractivity contribution >= 4 is 11.9 Å². The highest BCUT2D eigenvalue weighted by molar-refractivity contribution is 5.97. The molecule has 3 amide bonds. The van der Waals surface area contributed by atoms with Crippen molar-refractivity contribution in [3.63, 3.8) is 0 Å². The van der Waals surface area contributed by atoms with Crippen LogP contribution < -0.4 is 10.6 Å². The van der Waals surface area contributed by atoms with Gasteiger partial charge in [-0.2, -0.15) is 4.98 Å². The molecule has 1 saturated heterocycles. The first-order chi connectivity index (χ1) is 16.0. The Morgan fingerprint density at radius 3 is 2.79 bits per heavy atom. The zero-order valence-electron chi connectivity index (χ0n) is 18.3. The molecular formula is C24H26FN5O3. The second kappa shape index (κ2) is 10.4. The summed E-state index contributed by atoms with van der Waals surface area (Å²) in [5.41, 5.74) is 1.34. The van der Waals surface area contributed by atoms with Gasteiger partial charge < -0.3 is 9.84 Å². The van der Waals surface area contributed by atoms with Crippen LogP contribution in [0.1, 0.15) is 43.2 Å². The molecule has 1 aliphatic heterocycles. The standard InChI is InChI=1S/C24H26FN5O3/c1-2-26-24(32)28-22(31)20(16-8-4-3-5-9-16)30-13-7-11-18(15-30)23-27-21(29-33-23)17-10-6-12-19(25)14-17/h3-6,8-10,12,14,18,20H,2,7,11,13,15H2,1H3,(H2,26,28,31,32). The number of likely N-dealkylation sites (tertiary alicyclic amines) is 1. The van der Waals surface area contributed by atoms with E-state index < -0.39 is 18.0 Å². The molecule has 1 aromatic heterocycles. The van der Waals surface area contributed by atoms with Crippen molar-refractivity contribution in [1.82, 2.24) is 25.7 Å². The number of benzene rings is 2. The second-order valence-electron chi connectivity index (χ2n) is 7.96. The van der Waals surface area contributed by atoms with E-state index >= 15 is 0 Å². The van der Waals surface area contributed by atoms with E-state index in [1.165, 1.54) is 12.1 Å². The number of rotatable bonds is 6. The van der Waals surface area contributed by atoms with Crippen LogP contribution in [0.5, 0.6) is 0 Å². The fourth-order valence-corrected chi connectivity index (χ4v) is 4.14. The molecule has 2 atom stereocenters. The Balaban J connectivity index is 1.54. The Kier molecular flexibility index (Phi) is 7.09. The molecule has 33 heavy (non-hydrogen) atoms. The highest BCUT2D eigenvalue weighted by Crippen LogP contribution is 2.32. The van der Waals surface area contributed by atoms with Crippen LogP contribution in [-0.2, 0) is 4.79 Å². The van der Waals surface area contributed by atoms with Crippen molar-refractivity contribution in [1.29, 1.82) is 0 Å². The maximum atomic E-state index is 13.6. The molecule has 2 aromatic carbocycles. The summed E-state index contributed by atoms with van der Waals surface area (Å²) in [5.74, 6) is -0.0625. The number of halogens is 1. The molecule has 0 saturated carbocycles. The summed E-state index contributed by atoms with van der Waals surface area (Å²) in [7, 11) is 0. The number of hydrogen-bond acceptors (Lipinski definition) is 6. The van der Waals surface area contributed by atoms with Gasteiger partial charge in [-0.1, -0.05) is 47.6 Å². The fraction of sp³-hybridized carbons (Fsp3) is 0.333. The number of hydrogen-bond donors (Lipinski definition) is 2. The lowest BCUT2D eigenvalue weighted by Gasteiger charge is -2.36. The van der Waals surface area contributed by atoms with Gasteiger partial charge in [-0.3, -0.25) is 15.0 Å². The molecule has 0 aliphatic carbocycles. The quantitative estimate of drug-likeness (QED) is 0.594. The van der Waals surface area contributed by atoms with Gasteiger partial charge in [0.1, 0.15) is 11.9 Å². The number of amides is 3. The largest absolute Gasteiger partial charge is 0.339 e. The Labute approximate surface area is 191 Å². The first-order valence-electron chi connectivity index (χ1n) is 11.0. The Morgan fingerprint density at radius 1 is 1.21 bits per heavy atom. The van der Waals surface area contributed by atoms with Gasteiger partial charge in [-0.25, -0.2) is 9.18 Å². The van der Waals surface area contributed by atoms with E-state index in [1.54, 1.807) is 19.1 Å². The Bertz CT molecular complexity index is 1100. The smallest absolute Gasteiger partial charge is 0.321 e. The number of nitrogens with zero attached hydrogens (tertiary/aromatic N) is 3. The summed E-state index contributed by atoms with van der Waals surface area (Å²) < 4.78 is 19.1. The second-order valence-corrected chi connectivity index (χ2v) is 7.96. The predicted molar refractivity (Wildman–Crippen MR) is 120 cm³/mol. The van der Waals surface area contributed by atoms with Crippen molar-refractivity contribution in [2.75, 3.05) is 19.6 Å². The molecule has 1 aliphatic rings. The molecule has 0 spiro atoms. The van der Waals surface area contributed by atoms with E-state index in [2.05, 4.69) is 20.8 Å². The van der Waals surface area contributed by atoms with Crippen LogP contribution in [0.3, 0.4) is 0 Å². The molecule has 4 rings (SSSR count). The van der Waals surface area contributed by atoms with Gasteiger partial charge >= 0.3 is 6.03 Å². The summed E-state index contributed by atoms with van der Waals surface area (Å²) in [6.07, 6.45) is 1.64. The lowest BCUT2D eigenvalue weighted by atomic mass is 9.94. The van der Waals surface area contributed by atoms with Crippen LogP contribution in [0, 0.1) is 5.82 Å². The van der Waals surface area contributed by atoms with Crippen LogP contribution in [0.25, 0.3) is 11.4 Å². The topological polar surface area (TPSA) is 100 Å². The van der Waals surface area contributed by atoms with Gasteiger partial charge in [0.15, 0.2) is 0 Å². The number of urea groups is 1. The molecule has 1 fully saturated rings. The first kappa shape index (κ1) is 22.6. The monoisotopic (exact) mass is 451 g/mol. The number of aromatic nitrogens is 2. The number of imide groups is 1. The van der Waals surface area contributed by atoms with Gasteiger partial charge in [0.05, 0.1) is 5.92 Å². The van der Waals surface area contributed by atoms with E-state index in [0.29, 0.717) is 36.9 Å². The van der Waals surface area contributed by atoms with Crippen LogP contribution >= 0.6 is 0 Å². The molecule has 3 aromatic rings. The van der Waals surface area contributed by atoms with Crippen LogP contribution in [0.4, 0.5) is 9.18 Å². The average molecular weight is 452 g/mol. The molecule has 9 heteroatoms. The van der Waals surface area contributed by atoms with Gasteiger partial charge in [-0.15, -0.1) is 0 Å². The fourth-order valence-electron chi connectivity index (χ4n) is 4.14. The highest BCUT2D eigenvalue weighted by Gasteiger charge is 2.34. The lowest BCUT2D eigenvalue weighted by molar-refractivity contribution is -0.126. The highest BCUT2D eigenvalue weighted by atomic mass is 19.1. The minimum atomic E-state index is -0.637. The summed E-state index contributed by atoms with van der Waals surface area (Å²) in [5, 5.41) is 9.06. The summed E-state index contributed by atoms with van der Waals surface area (Å²) in [6, 6.07) is 14.3. The normalized spacial score (nSPS) is 17.3.